The van der Waals surface area contributed by atoms with Crippen molar-refractivity contribution in [2.45, 2.75) is 33.4 Å². The monoisotopic (exact) mass is 307 g/mol. The Kier molecular flexibility index (Phi) is 5.09. The molecule has 20 heavy (non-hydrogen) atoms. The molecule has 3 heteroatoms. The van der Waals surface area contributed by atoms with E-state index < -0.39 is 0 Å². The number of hydrogen-bond donors (Lipinski definition) is 1. The number of benzene rings is 2. The summed E-state index contributed by atoms with van der Waals surface area (Å²) >= 11 is 12.5. The van der Waals surface area contributed by atoms with E-state index in [9.17, 15) is 0 Å². The summed E-state index contributed by atoms with van der Waals surface area (Å²) in [7, 11) is 0. The normalized spacial score (nSPS) is 12.4. The van der Waals surface area contributed by atoms with Gasteiger partial charge in [0.15, 0.2) is 0 Å². The zero-order chi connectivity index (χ0) is 14.7. The van der Waals surface area contributed by atoms with Gasteiger partial charge in [-0.3, -0.25) is 0 Å². The first kappa shape index (κ1) is 15.4. The lowest BCUT2D eigenvalue weighted by Gasteiger charge is -2.18. The van der Waals surface area contributed by atoms with Crippen molar-refractivity contribution in [1.82, 2.24) is 5.32 Å². The van der Waals surface area contributed by atoms with Crippen molar-refractivity contribution in [2.24, 2.45) is 0 Å². The van der Waals surface area contributed by atoms with E-state index in [2.05, 4.69) is 44.3 Å². The van der Waals surface area contributed by atoms with E-state index in [1.54, 1.807) is 0 Å². The fraction of sp³-hybridized carbons (Fsp3) is 0.294. The Bertz CT molecular complexity index is 588. The minimum Gasteiger partial charge on any atom is -0.306 e. The first-order chi connectivity index (χ1) is 9.49. The highest BCUT2D eigenvalue weighted by molar-refractivity contribution is 6.36. The highest BCUT2D eigenvalue weighted by Gasteiger charge is 2.13. The van der Waals surface area contributed by atoms with Gasteiger partial charge in [-0.05, 0) is 44.0 Å². The van der Waals surface area contributed by atoms with Crippen molar-refractivity contribution in [3.63, 3.8) is 0 Å². The lowest BCUT2D eigenvalue weighted by Crippen LogP contribution is -2.19. The summed E-state index contributed by atoms with van der Waals surface area (Å²) in [6.45, 7) is 7.12. The zero-order valence-electron chi connectivity index (χ0n) is 12.0. The van der Waals surface area contributed by atoms with Gasteiger partial charge in [-0.2, -0.15) is 0 Å². The predicted octanol–water partition coefficient (Wildman–Crippen LogP) is 5.46. The Hall–Kier alpha value is -1.02. The summed E-state index contributed by atoms with van der Waals surface area (Å²) in [5, 5.41) is 4.91. The third kappa shape index (κ3) is 3.54. The third-order valence-electron chi connectivity index (χ3n) is 3.54. The molecule has 0 aliphatic carbocycles. The van der Waals surface area contributed by atoms with Gasteiger partial charge in [0.05, 0.1) is 0 Å². The van der Waals surface area contributed by atoms with Crippen LogP contribution in [0, 0.1) is 13.8 Å². The molecule has 0 heterocycles. The smallest absolute Gasteiger partial charge is 0.0468 e. The van der Waals surface area contributed by atoms with Gasteiger partial charge in [-0.15, -0.1) is 0 Å². The lowest BCUT2D eigenvalue weighted by atomic mass is 10.0. The first-order valence-electron chi connectivity index (χ1n) is 6.72. The standard InChI is InChI=1S/C17H19Cl2N/c1-11-7-8-12(2)14(9-11)10-20-13(3)17-15(18)5-4-6-16(17)19/h4-9,13,20H,10H2,1-3H3. The van der Waals surface area contributed by atoms with Gasteiger partial charge in [0.2, 0.25) is 0 Å². The van der Waals surface area contributed by atoms with Crippen LogP contribution in [0.1, 0.15) is 35.2 Å². The largest absolute Gasteiger partial charge is 0.306 e. The van der Waals surface area contributed by atoms with Crippen molar-refractivity contribution in [1.29, 1.82) is 0 Å². The molecule has 106 valence electrons. The Morgan fingerprint density at radius 1 is 1.05 bits per heavy atom. The molecule has 0 bridgehead atoms. The quantitative estimate of drug-likeness (QED) is 0.790. The van der Waals surface area contributed by atoms with Gasteiger partial charge < -0.3 is 5.32 Å². The summed E-state index contributed by atoms with van der Waals surface area (Å²) in [5.74, 6) is 0. The molecule has 0 radical (unpaired) electrons. The minimum absolute atomic E-state index is 0.108. The molecule has 0 aromatic heterocycles. The maximum Gasteiger partial charge on any atom is 0.0468 e. The first-order valence-corrected chi connectivity index (χ1v) is 7.48. The third-order valence-corrected chi connectivity index (χ3v) is 4.20. The van der Waals surface area contributed by atoms with Crippen molar-refractivity contribution in [2.75, 3.05) is 0 Å². The molecule has 0 amide bonds. The maximum atomic E-state index is 6.24. The topological polar surface area (TPSA) is 12.0 Å². The van der Waals surface area contributed by atoms with Gasteiger partial charge in [0, 0.05) is 28.2 Å². The van der Waals surface area contributed by atoms with Gasteiger partial charge in [-0.1, -0.05) is 53.0 Å². The molecular formula is C17H19Cl2N. The zero-order valence-corrected chi connectivity index (χ0v) is 13.5. The Balaban J connectivity index is 2.13. The van der Waals surface area contributed by atoms with Crippen LogP contribution in [0.5, 0.6) is 0 Å². The summed E-state index contributed by atoms with van der Waals surface area (Å²) < 4.78 is 0. The van der Waals surface area contributed by atoms with Crippen molar-refractivity contribution in [3.8, 4) is 0 Å². The Morgan fingerprint density at radius 3 is 2.35 bits per heavy atom. The molecule has 2 aromatic carbocycles. The number of hydrogen-bond acceptors (Lipinski definition) is 1. The molecule has 2 aromatic rings. The fourth-order valence-corrected chi connectivity index (χ4v) is 3.00. The number of aryl methyl sites for hydroxylation is 2. The molecule has 0 fully saturated rings. The van der Waals surface area contributed by atoms with E-state index in [0.717, 1.165) is 12.1 Å². The SMILES string of the molecule is Cc1ccc(C)c(CNC(C)c2c(Cl)cccc2Cl)c1. The van der Waals surface area contributed by atoms with Crippen molar-refractivity contribution in [3.05, 3.63) is 68.7 Å². The second kappa shape index (κ2) is 6.62. The van der Waals surface area contributed by atoms with Crippen LogP contribution in [0.2, 0.25) is 10.0 Å². The van der Waals surface area contributed by atoms with Crippen molar-refractivity contribution >= 4 is 23.2 Å². The number of rotatable bonds is 4. The second-order valence-corrected chi connectivity index (χ2v) is 5.98. The predicted molar refractivity (Wildman–Crippen MR) is 87.6 cm³/mol. The molecule has 0 aliphatic rings. The van der Waals surface area contributed by atoms with Gasteiger partial charge in [-0.25, -0.2) is 0 Å². The number of halogens is 2. The van der Waals surface area contributed by atoms with E-state index in [1.165, 1.54) is 16.7 Å². The highest BCUT2D eigenvalue weighted by Crippen LogP contribution is 2.30. The van der Waals surface area contributed by atoms with Crippen LogP contribution >= 0.6 is 23.2 Å². The average Bonchev–Trinajstić information content (AvgIpc) is 2.39. The summed E-state index contributed by atoms with van der Waals surface area (Å²) in [6, 6.07) is 12.2. The summed E-state index contributed by atoms with van der Waals surface area (Å²) in [6.07, 6.45) is 0. The molecule has 0 aliphatic heterocycles. The average molecular weight is 308 g/mol. The second-order valence-electron chi connectivity index (χ2n) is 5.17. The lowest BCUT2D eigenvalue weighted by molar-refractivity contribution is 0.573. The molecule has 1 nitrogen and oxygen atoms in total. The van der Waals surface area contributed by atoms with Crippen LogP contribution in [0.3, 0.4) is 0 Å². The molecular weight excluding hydrogens is 289 g/mol. The molecule has 1 N–H and O–H groups in total. The molecule has 0 saturated heterocycles. The van der Waals surface area contributed by atoms with E-state index in [0.29, 0.717) is 10.0 Å². The maximum absolute atomic E-state index is 6.24. The van der Waals surface area contributed by atoms with Crippen LogP contribution < -0.4 is 5.32 Å². The Morgan fingerprint density at radius 2 is 1.70 bits per heavy atom. The fourth-order valence-electron chi connectivity index (χ4n) is 2.28. The molecule has 2 rings (SSSR count). The van der Waals surface area contributed by atoms with Gasteiger partial charge >= 0.3 is 0 Å². The molecule has 0 spiro atoms. The van der Waals surface area contributed by atoms with E-state index in [1.807, 2.05) is 18.2 Å². The summed E-state index contributed by atoms with van der Waals surface area (Å²) in [4.78, 5) is 0. The molecule has 0 saturated carbocycles. The van der Waals surface area contributed by atoms with Gasteiger partial charge in [0.1, 0.15) is 0 Å². The molecule has 1 unspecified atom stereocenters. The summed E-state index contributed by atoms with van der Waals surface area (Å²) in [5.41, 5.74) is 4.83. The highest BCUT2D eigenvalue weighted by atomic mass is 35.5. The Labute approximate surface area is 130 Å². The van der Waals surface area contributed by atoms with Gasteiger partial charge in [0.25, 0.3) is 0 Å². The van der Waals surface area contributed by atoms with E-state index >= 15 is 0 Å². The number of nitrogens with one attached hydrogen (secondary N) is 1. The van der Waals surface area contributed by atoms with Crippen LogP contribution in [-0.4, -0.2) is 0 Å². The van der Waals surface area contributed by atoms with Crippen molar-refractivity contribution < 1.29 is 0 Å². The minimum atomic E-state index is 0.108. The van der Waals surface area contributed by atoms with Crippen LogP contribution in [0.15, 0.2) is 36.4 Å². The molecule has 1 atom stereocenters. The van der Waals surface area contributed by atoms with E-state index in [-0.39, 0.29) is 6.04 Å². The van der Waals surface area contributed by atoms with E-state index in [4.69, 9.17) is 23.2 Å². The van der Waals surface area contributed by atoms with Crippen LogP contribution in [0.4, 0.5) is 0 Å². The van der Waals surface area contributed by atoms with Crippen LogP contribution in [0.25, 0.3) is 0 Å². The van der Waals surface area contributed by atoms with Crippen LogP contribution in [-0.2, 0) is 6.54 Å².